The lowest BCUT2D eigenvalue weighted by atomic mass is 10.3. The van der Waals surface area contributed by atoms with Gasteiger partial charge in [0.2, 0.25) is 11.9 Å². The third-order valence-electron chi connectivity index (χ3n) is 2.98. The van der Waals surface area contributed by atoms with E-state index in [0.29, 0.717) is 47.7 Å². The molecule has 10 heteroatoms. The van der Waals surface area contributed by atoms with Crippen molar-refractivity contribution in [2.24, 2.45) is 0 Å². The first kappa shape index (κ1) is 19.7. The Hall–Kier alpha value is -2.39. The lowest BCUT2D eigenvalue weighted by molar-refractivity contribution is 0.208. The Kier molecular flexibility index (Phi) is 7.40. The van der Waals surface area contributed by atoms with Crippen molar-refractivity contribution in [3.05, 3.63) is 12.7 Å². The van der Waals surface area contributed by atoms with Crippen molar-refractivity contribution in [1.29, 1.82) is 0 Å². The summed E-state index contributed by atoms with van der Waals surface area (Å²) in [6.07, 6.45) is 1.23. The summed E-state index contributed by atoms with van der Waals surface area (Å²) >= 11 is 0. The number of nitrogens with one attached hydrogen (secondary N) is 4. The second-order valence-electron chi connectivity index (χ2n) is 4.89. The highest BCUT2D eigenvalue weighted by molar-refractivity contribution is 5.94. The molecule has 0 fully saturated rings. The van der Waals surface area contributed by atoms with Gasteiger partial charge < -0.3 is 26.4 Å². The number of hydrogen-bond donors (Lipinski definition) is 5. The highest BCUT2D eigenvalue weighted by atomic mass is 35.5. The molecule has 0 aliphatic rings. The lowest BCUT2D eigenvalue weighted by Gasteiger charge is -2.13. The Balaban J connectivity index is 0.00000288. The number of rotatable bonds is 8. The minimum Gasteiger partial charge on any atom is -0.392 e. The van der Waals surface area contributed by atoms with Gasteiger partial charge in [0.25, 0.3) is 0 Å². The Labute approximate surface area is 146 Å². The van der Waals surface area contributed by atoms with Crippen molar-refractivity contribution in [3.8, 4) is 0 Å². The quantitative estimate of drug-likeness (QED) is 0.447. The van der Waals surface area contributed by atoms with Gasteiger partial charge in [-0.25, -0.2) is 9.97 Å². The summed E-state index contributed by atoms with van der Waals surface area (Å²) in [4.78, 5) is 17.7. The number of aliphatic hydroxyl groups excluding tert-OH is 1. The number of hydrogen-bond acceptors (Lipinski definition) is 9. The van der Waals surface area contributed by atoms with Gasteiger partial charge in [0.15, 0.2) is 11.6 Å². The van der Waals surface area contributed by atoms with E-state index in [-0.39, 0.29) is 12.4 Å². The summed E-state index contributed by atoms with van der Waals surface area (Å²) in [7, 11) is 3.53. The van der Waals surface area contributed by atoms with Crippen molar-refractivity contribution in [1.82, 2.24) is 19.9 Å². The number of halogens is 1. The topological polar surface area (TPSA) is 120 Å². The third-order valence-corrected chi connectivity index (χ3v) is 2.98. The van der Waals surface area contributed by atoms with Crippen molar-refractivity contribution in [2.45, 2.75) is 13.0 Å². The Morgan fingerprint density at radius 2 is 1.50 bits per heavy atom. The smallest absolute Gasteiger partial charge is 0.225 e. The number of aliphatic hydroxyl groups is 1. The van der Waals surface area contributed by atoms with E-state index >= 15 is 0 Å². The van der Waals surface area contributed by atoms with Crippen LogP contribution in [0.3, 0.4) is 0 Å². The molecule has 0 aliphatic heterocycles. The zero-order chi connectivity index (χ0) is 16.8. The minimum absolute atomic E-state index is 0. The first-order valence-corrected chi connectivity index (χ1v) is 7.31. The molecule has 5 N–H and O–H groups in total. The van der Waals surface area contributed by atoms with Gasteiger partial charge in [-0.3, -0.25) is 0 Å². The van der Waals surface area contributed by atoms with Gasteiger partial charge >= 0.3 is 0 Å². The van der Waals surface area contributed by atoms with Gasteiger partial charge in [-0.05, 0) is 6.92 Å². The molecule has 2 aromatic heterocycles. The molecule has 0 radical (unpaired) electrons. The standard InChI is InChI=1S/C14H22N8O.ClH/c1-5-6-17-13-19-9-10(11(15-3)21-13)20-14(18-7-8(2)23)22-12(9)16-4;/h5,8,23H,1,6-7H2,2-4H3,(H2,15,17,19,21)(H2,16,18,20,22);1H. The molecule has 0 bridgehead atoms. The van der Waals surface area contributed by atoms with Gasteiger partial charge in [-0.15, -0.1) is 19.0 Å². The van der Waals surface area contributed by atoms with Crippen LogP contribution in [0.5, 0.6) is 0 Å². The molecule has 0 aromatic carbocycles. The van der Waals surface area contributed by atoms with Crippen LogP contribution < -0.4 is 21.3 Å². The number of nitrogens with zero attached hydrogens (tertiary/aromatic N) is 4. The monoisotopic (exact) mass is 354 g/mol. The van der Waals surface area contributed by atoms with Gasteiger partial charge in [-0.1, -0.05) is 6.08 Å². The van der Waals surface area contributed by atoms with E-state index in [1.54, 1.807) is 27.1 Å². The fraction of sp³-hybridized carbons (Fsp3) is 0.429. The molecule has 1 atom stereocenters. The molecule has 0 saturated carbocycles. The van der Waals surface area contributed by atoms with Gasteiger partial charge in [-0.2, -0.15) is 9.97 Å². The van der Waals surface area contributed by atoms with E-state index in [9.17, 15) is 5.11 Å². The highest BCUT2D eigenvalue weighted by Crippen LogP contribution is 2.26. The van der Waals surface area contributed by atoms with E-state index in [0.717, 1.165) is 0 Å². The van der Waals surface area contributed by atoms with Crippen molar-refractivity contribution < 1.29 is 5.11 Å². The number of anilines is 4. The summed E-state index contributed by atoms with van der Waals surface area (Å²) in [6.45, 7) is 6.25. The fourth-order valence-corrected chi connectivity index (χ4v) is 1.92. The minimum atomic E-state index is -0.502. The van der Waals surface area contributed by atoms with Crippen LogP contribution in [-0.2, 0) is 0 Å². The number of aromatic nitrogens is 4. The Morgan fingerprint density at radius 1 is 1.00 bits per heavy atom. The molecule has 9 nitrogen and oxygen atoms in total. The van der Waals surface area contributed by atoms with Gasteiger partial charge in [0, 0.05) is 27.2 Å². The van der Waals surface area contributed by atoms with Crippen LogP contribution in [-0.4, -0.2) is 58.3 Å². The van der Waals surface area contributed by atoms with Gasteiger partial charge in [0.1, 0.15) is 11.0 Å². The predicted octanol–water partition coefficient (Wildman–Crippen LogP) is 1.32. The van der Waals surface area contributed by atoms with E-state index in [4.69, 9.17) is 0 Å². The highest BCUT2D eigenvalue weighted by Gasteiger charge is 2.14. The molecule has 2 heterocycles. The molecule has 2 aromatic rings. The molecule has 2 rings (SSSR count). The fourth-order valence-electron chi connectivity index (χ4n) is 1.92. The normalized spacial score (nSPS) is 11.3. The summed E-state index contributed by atoms with van der Waals surface area (Å²) in [5.41, 5.74) is 1.19. The van der Waals surface area contributed by atoms with Crippen LogP contribution in [0.15, 0.2) is 12.7 Å². The maximum Gasteiger partial charge on any atom is 0.225 e. The molecule has 1 unspecified atom stereocenters. The van der Waals surface area contributed by atoms with Crippen LogP contribution in [0, 0.1) is 0 Å². The maximum atomic E-state index is 9.39. The maximum absolute atomic E-state index is 9.39. The zero-order valence-electron chi connectivity index (χ0n) is 13.9. The van der Waals surface area contributed by atoms with Gasteiger partial charge in [0.05, 0.1) is 6.10 Å². The molecular formula is C14H23ClN8O. The van der Waals surface area contributed by atoms with Crippen LogP contribution in [0.1, 0.15) is 6.92 Å². The molecule has 132 valence electrons. The van der Waals surface area contributed by atoms with Crippen LogP contribution >= 0.6 is 12.4 Å². The van der Waals surface area contributed by atoms with Crippen molar-refractivity contribution in [2.75, 3.05) is 48.5 Å². The van der Waals surface area contributed by atoms with E-state index < -0.39 is 6.10 Å². The Morgan fingerprint density at radius 3 is 1.92 bits per heavy atom. The molecule has 24 heavy (non-hydrogen) atoms. The second kappa shape index (κ2) is 9.04. The van der Waals surface area contributed by atoms with Crippen LogP contribution in [0.25, 0.3) is 11.0 Å². The van der Waals surface area contributed by atoms with Crippen molar-refractivity contribution in [3.63, 3.8) is 0 Å². The molecular weight excluding hydrogens is 332 g/mol. The summed E-state index contributed by atoms with van der Waals surface area (Å²) in [5, 5.41) is 21.5. The Bertz CT molecular complexity index is 694. The second-order valence-corrected chi connectivity index (χ2v) is 4.89. The third kappa shape index (κ3) is 4.56. The van der Waals surface area contributed by atoms with Crippen molar-refractivity contribution >= 4 is 47.0 Å². The summed E-state index contributed by atoms with van der Waals surface area (Å²) in [5.74, 6) is 2.02. The zero-order valence-corrected chi connectivity index (χ0v) is 14.7. The predicted molar refractivity (Wildman–Crippen MR) is 100 cm³/mol. The molecule has 0 spiro atoms. The molecule has 0 saturated heterocycles. The lowest BCUT2D eigenvalue weighted by Crippen LogP contribution is -2.17. The summed E-state index contributed by atoms with van der Waals surface area (Å²) in [6, 6.07) is 0. The largest absolute Gasteiger partial charge is 0.392 e. The first-order valence-electron chi connectivity index (χ1n) is 7.31. The number of fused-ring (bicyclic) bond motifs is 1. The molecule has 0 aliphatic carbocycles. The summed E-state index contributed by atoms with van der Waals surface area (Å²) < 4.78 is 0. The SMILES string of the molecule is C=CCNc1nc(NC)c2nc(NCC(C)O)nc(NC)c2n1.Cl. The van der Waals surface area contributed by atoms with E-state index in [1.807, 2.05) is 0 Å². The first-order chi connectivity index (χ1) is 11.1. The molecule has 0 amide bonds. The average molecular weight is 355 g/mol. The average Bonchev–Trinajstić information content (AvgIpc) is 2.56. The van der Waals surface area contributed by atoms with Crippen LogP contribution in [0.4, 0.5) is 23.5 Å². The van der Waals surface area contributed by atoms with E-state index in [2.05, 4.69) is 47.8 Å². The van der Waals surface area contributed by atoms with Crippen LogP contribution in [0.2, 0.25) is 0 Å². The van der Waals surface area contributed by atoms with E-state index in [1.165, 1.54) is 0 Å².